The number of ether oxygens (including phenoxy) is 2. The van der Waals surface area contributed by atoms with Crippen LogP contribution in [0.25, 0.3) is 11.0 Å². The van der Waals surface area contributed by atoms with Crippen molar-refractivity contribution in [3.05, 3.63) is 29.1 Å². The topological polar surface area (TPSA) is 84.5 Å². The van der Waals surface area contributed by atoms with E-state index in [4.69, 9.17) is 9.47 Å². The highest BCUT2D eigenvalue weighted by atomic mass is 16.5. The maximum atomic E-state index is 11.7. The smallest absolute Gasteiger partial charge is 0.409 e. The van der Waals surface area contributed by atoms with E-state index in [1.165, 1.54) is 18.2 Å². The van der Waals surface area contributed by atoms with E-state index in [2.05, 4.69) is 16.0 Å². The average Bonchev–Trinajstić information content (AvgIpc) is 2.82. The number of amides is 1. The van der Waals surface area contributed by atoms with E-state index in [0.717, 1.165) is 23.9 Å². The number of nitrogens with zero attached hydrogens (tertiary/aromatic N) is 2. The molecule has 1 N–H and O–H groups in total. The number of H-pyrrole nitrogens is 1. The van der Waals surface area contributed by atoms with Crippen molar-refractivity contribution in [1.29, 1.82) is 0 Å². The van der Waals surface area contributed by atoms with Crippen LogP contribution in [-0.4, -0.2) is 53.7 Å². The fraction of sp³-hybridized carbons (Fsp3) is 0.471. The van der Waals surface area contributed by atoms with Gasteiger partial charge in [-0.2, -0.15) is 0 Å². The van der Waals surface area contributed by atoms with Crippen molar-refractivity contribution in [3.8, 4) is 0 Å². The van der Waals surface area contributed by atoms with E-state index in [-0.39, 0.29) is 18.5 Å². The Balaban J connectivity index is 1.81. The van der Waals surface area contributed by atoms with Crippen LogP contribution in [0.1, 0.15) is 23.9 Å². The van der Waals surface area contributed by atoms with Crippen LogP contribution in [0.4, 0.5) is 4.79 Å². The van der Waals surface area contributed by atoms with E-state index in [0.29, 0.717) is 25.5 Å². The van der Waals surface area contributed by atoms with Crippen LogP contribution in [0, 0.1) is 0 Å². The van der Waals surface area contributed by atoms with Gasteiger partial charge in [0.25, 0.3) is 0 Å². The van der Waals surface area contributed by atoms with Crippen molar-refractivity contribution in [3.63, 3.8) is 0 Å². The average molecular weight is 331 g/mol. The molecule has 128 valence electrons. The molecule has 0 radical (unpaired) electrons. The van der Waals surface area contributed by atoms with Crippen LogP contribution in [0.2, 0.25) is 0 Å². The van der Waals surface area contributed by atoms with Crippen LogP contribution < -0.4 is 0 Å². The first-order chi connectivity index (χ1) is 11.6. The summed E-state index contributed by atoms with van der Waals surface area (Å²) in [5.41, 5.74) is 4.11. The van der Waals surface area contributed by atoms with E-state index in [9.17, 15) is 9.59 Å². The normalized spacial score (nSPS) is 14.2. The molecule has 0 bridgehead atoms. The van der Waals surface area contributed by atoms with Gasteiger partial charge in [0.2, 0.25) is 0 Å². The molecule has 1 amide bonds. The highest BCUT2D eigenvalue weighted by Gasteiger charge is 2.20. The van der Waals surface area contributed by atoms with Gasteiger partial charge in [0.15, 0.2) is 0 Å². The number of imidazole rings is 1. The number of nitrogens with one attached hydrogen (secondary N) is 1. The molecule has 1 aliphatic heterocycles. The SMILES string of the molecule is CCOC(=O)Cc1nc2cc3c(cc2[nH]1)CCN(C(=O)OC)CC3. The van der Waals surface area contributed by atoms with Gasteiger partial charge in [-0.15, -0.1) is 0 Å². The minimum absolute atomic E-state index is 0.142. The predicted molar refractivity (Wildman–Crippen MR) is 87.8 cm³/mol. The van der Waals surface area contributed by atoms with Crippen molar-refractivity contribution in [2.45, 2.75) is 26.2 Å². The first kappa shape index (κ1) is 16.3. The number of methoxy groups -OCH3 is 1. The van der Waals surface area contributed by atoms with Gasteiger partial charge in [-0.1, -0.05) is 0 Å². The van der Waals surface area contributed by atoms with Gasteiger partial charge in [-0.25, -0.2) is 9.78 Å². The third kappa shape index (κ3) is 3.34. The fourth-order valence-electron chi connectivity index (χ4n) is 3.03. The minimum Gasteiger partial charge on any atom is -0.466 e. The molecule has 7 nitrogen and oxygen atoms in total. The number of aromatic nitrogens is 2. The quantitative estimate of drug-likeness (QED) is 0.868. The summed E-state index contributed by atoms with van der Waals surface area (Å²) in [6, 6.07) is 4.10. The van der Waals surface area contributed by atoms with Gasteiger partial charge in [0, 0.05) is 13.1 Å². The molecule has 1 aromatic carbocycles. The summed E-state index contributed by atoms with van der Waals surface area (Å²) in [5, 5.41) is 0. The van der Waals surface area contributed by atoms with Gasteiger partial charge in [-0.3, -0.25) is 4.79 Å². The van der Waals surface area contributed by atoms with Gasteiger partial charge in [-0.05, 0) is 43.0 Å². The van der Waals surface area contributed by atoms with Gasteiger partial charge in [0.1, 0.15) is 12.2 Å². The van der Waals surface area contributed by atoms with E-state index >= 15 is 0 Å². The molecule has 2 aromatic rings. The van der Waals surface area contributed by atoms with Gasteiger partial charge >= 0.3 is 12.1 Å². The summed E-state index contributed by atoms with van der Waals surface area (Å²) >= 11 is 0. The Bertz CT molecular complexity index is 724. The van der Waals surface area contributed by atoms with Crippen molar-refractivity contribution in [2.75, 3.05) is 26.8 Å². The van der Waals surface area contributed by atoms with Crippen molar-refractivity contribution >= 4 is 23.1 Å². The Hall–Kier alpha value is -2.57. The Morgan fingerprint density at radius 3 is 2.62 bits per heavy atom. The zero-order valence-electron chi connectivity index (χ0n) is 13.9. The van der Waals surface area contributed by atoms with Crippen molar-refractivity contribution in [2.24, 2.45) is 0 Å². The third-order valence-corrected chi connectivity index (χ3v) is 4.20. The maximum Gasteiger partial charge on any atom is 0.409 e. The molecule has 3 rings (SSSR count). The summed E-state index contributed by atoms with van der Waals surface area (Å²) in [5.74, 6) is 0.326. The summed E-state index contributed by atoms with van der Waals surface area (Å²) in [7, 11) is 1.40. The second kappa shape index (κ2) is 6.90. The second-order valence-electron chi connectivity index (χ2n) is 5.76. The predicted octanol–water partition coefficient (Wildman–Crippen LogP) is 1.84. The Kier molecular flexibility index (Phi) is 4.69. The van der Waals surface area contributed by atoms with E-state index in [1.54, 1.807) is 11.8 Å². The molecule has 2 heterocycles. The van der Waals surface area contributed by atoms with E-state index in [1.807, 2.05) is 6.07 Å². The van der Waals surface area contributed by atoms with E-state index < -0.39 is 0 Å². The summed E-state index contributed by atoms with van der Waals surface area (Å²) in [6.07, 6.45) is 1.39. The lowest BCUT2D eigenvalue weighted by Crippen LogP contribution is -2.33. The third-order valence-electron chi connectivity index (χ3n) is 4.20. The molecular weight excluding hydrogens is 310 g/mol. The monoisotopic (exact) mass is 331 g/mol. The number of carbonyl (C=O) groups is 2. The number of fused-ring (bicyclic) bond motifs is 2. The van der Waals surface area contributed by atoms with Crippen LogP contribution >= 0.6 is 0 Å². The Morgan fingerprint density at radius 1 is 1.25 bits per heavy atom. The lowest BCUT2D eigenvalue weighted by atomic mass is 10.0. The summed E-state index contributed by atoms with van der Waals surface area (Å²) in [6.45, 7) is 3.41. The molecule has 0 fully saturated rings. The number of hydrogen-bond acceptors (Lipinski definition) is 5. The maximum absolute atomic E-state index is 11.7. The molecule has 0 saturated carbocycles. The zero-order valence-corrected chi connectivity index (χ0v) is 13.9. The largest absolute Gasteiger partial charge is 0.466 e. The zero-order chi connectivity index (χ0) is 17.1. The number of aromatic amines is 1. The standard InChI is InChI=1S/C17H21N3O4/c1-3-24-16(21)10-15-18-13-8-11-4-6-20(17(22)23-2)7-5-12(11)9-14(13)19-15/h8-9H,3-7,10H2,1-2H3,(H,18,19). The molecule has 0 saturated heterocycles. The molecule has 0 aliphatic carbocycles. The molecule has 1 aliphatic rings. The van der Waals surface area contributed by atoms with Gasteiger partial charge in [0.05, 0.1) is 24.8 Å². The first-order valence-corrected chi connectivity index (χ1v) is 8.09. The molecule has 0 spiro atoms. The summed E-state index contributed by atoms with van der Waals surface area (Å²) in [4.78, 5) is 32.7. The molecule has 24 heavy (non-hydrogen) atoms. The fourth-order valence-corrected chi connectivity index (χ4v) is 3.03. The van der Waals surface area contributed by atoms with Crippen LogP contribution in [0.15, 0.2) is 12.1 Å². The second-order valence-corrected chi connectivity index (χ2v) is 5.76. The lowest BCUT2D eigenvalue weighted by Gasteiger charge is -2.17. The highest BCUT2D eigenvalue weighted by molar-refractivity contribution is 5.79. The minimum atomic E-state index is -0.289. The molecule has 0 atom stereocenters. The highest BCUT2D eigenvalue weighted by Crippen LogP contribution is 2.23. The molecule has 7 heteroatoms. The molecule has 1 aromatic heterocycles. The van der Waals surface area contributed by atoms with Crippen molar-refractivity contribution < 1.29 is 19.1 Å². The molecular formula is C17H21N3O4. The number of hydrogen-bond donors (Lipinski definition) is 1. The number of benzene rings is 1. The Labute approximate surface area is 139 Å². The summed E-state index contributed by atoms with van der Waals surface area (Å²) < 4.78 is 9.76. The number of rotatable bonds is 3. The van der Waals surface area contributed by atoms with Crippen molar-refractivity contribution in [1.82, 2.24) is 14.9 Å². The van der Waals surface area contributed by atoms with Gasteiger partial charge < -0.3 is 19.4 Å². The van der Waals surface area contributed by atoms with Crippen LogP contribution in [-0.2, 0) is 33.5 Å². The Morgan fingerprint density at radius 2 is 1.96 bits per heavy atom. The number of esters is 1. The lowest BCUT2D eigenvalue weighted by molar-refractivity contribution is -0.142. The van der Waals surface area contributed by atoms with Crippen LogP contribution in [0.3, 0.4) is 0 Å². The van der Waals surface area contributed by atoms with Crippen LogP contribution in [0.5, 0.6) is 0 Å². The number of carbonyl (C=O) groups excluding carboxylic acids is 2. The first-order valence-electron chi connectivity index (χ1n) is 8.09. The molecule has 0 unspecified atom stereocenters.